The maximum Gasteiger partial charge on any atom is 0.0617 e. The molecule has 1 heterocycles. The van der Waals surface area contributed by atoms with Crippen LogP contribution in [0, 0.1) is 5.92 Å². The Balaban J connectivity index is 2.10. The first-order valence-corrected chi connectivity index (χ1v) is 7.85. The van der Waals surface area contributed by atoms with Crippen molar-refractivity contribution in [2.24, 2.45) is 5.92 Å². The van der Waals surface area contributed by atoms with E-state index in [2.05, 4.69) is 64.2 Å². The molecule has 0 radical (unpaired) electrons. The maximum absolute atomic E-state index is 5.86. The summed E-state index contributed by atoms with van der Waals surface area (Å²) in [4.78, 5) is 0. The third-order valence-electron chi connectivity index (χ3n) is 4.15. The molecule has 1 aromatic carbocycles. The number of anilines is 1. The van der Waals surface area contributed by atoms with Crippen LogP contribution in [0.1, 0.15) is 53.0 Å². The lowest BCUT2D eigenvalue weighted by atomic mass is 9.85. The molecule has 0 aromatic heterocycles. The summed E-state index contributed by atoms with van der Waals surface area (Å²) in [6.45, 7) is 12.2. The molecule has 2 unspecified atom stereocenters. The van der Waals surface area contributed by atoms with Gasteiger partial charge in [-0.05, 0) is 35.8 Å². The molecule has 2 rings (SSSR count). The molecule has 0 amide bonds. The number of benzene rings is 1. The van der Waals surface area contributed by atoms with E-state index in [1.165, 1.54) is 11.3 Å². The van der Waals surface area contributed by atoms with Gasteiger partial charge in [-0.3, -0.25) is 0 Å². The summed E-state index contributed by atoms with van der Waals surface area (Å²) >= 11 is 0. The zero-order valence-electron chi connectivity index (χ0n) is 13.6. The Morgan fingerprint density at radius 3 is 2.55 bits per heavy atom. The van der Waals surface area contributed by atoms with Gasteiger partial charge in [0.05, 0.1) is 6.10 Å². The normalized spacial score (nSPS) is 23.9. The van der Waals surface area contributed by atoms with Gasteiger partial charge in [0.2, 0.25) is 0 Å². The van der Waals surface area contributed by atoms with E-state index in [-0.39, 0.29) is 5.41 Å². The van der Waals surface area contributed by atoms with Crippen LogP contribution in [0.25, 0.3) is 0 Å². The smallest absolute Gasteiger partial charge is 0.0617 e. The molecule has 20 heavy (non-hydrogen) atoms. The standard InChI is InChI=1S/C18H29NO/c1-13(2)17-12-14(10-11-20-17)19-16-9-7-6-8-15(16)18(3,4)5/h6-9,13-14,17,19H,10-12H2,1-5H3. The van der Waals surface area contributed by atoms with Gasteiger partial charge in [-0.15, -0.1) is 0 Å². The summed E-state index contributed by atoms with van der Waals surface area (Å²) in [5.74, 6) is 0.595. The number of hydrogen-bond acceptors (Lipinski definition) is 2. The lowest BCUT2D eigenvalue weighted by molar-refractivity contribution is -0.0160. The Morgan fingerprint density at radius 2 is 1.90 bits per heavy atom. The zero-order valence-corrected chi connectivity index (χ0v) is 13.6. The summed E-state index contributed by atoms with van der Waals surface area (Å²) in [6.07, 6.45) is 2.60. The first-order valence-electron chi connectivity index (χ1n) is 7.85. The number of para-hydroxylation sites is 1. The summed E-state index contributed by atoms with van der Waals surface area (Å²) in [7, 11) is 0. The van der Waals surface area contributed by atoms with Crippen molar-refractivity contribution in [2.45, 2.75) is 65.0 Å². The minimum absolute atomic E-state index is 0.173. The average molecular weight is 275 g/mol. The Morgan fingerprint density at radius 1 is 1.20 bits per heavy atom. The van der Waals surface area contributed by atoms with Crippen LogP contribution in [0.2, 0.25) is 0 Å². The Labute approximate surface area is 123 Å². The minimum Gasteiger partial charge on any atom is -0.382 e. The second-order valence-electron chi connectivity index (χ2n) is 7.31. The lowest BCUT2D eigenvalue weighted by Gasteiger charge is -2.34. The van der Waals surface area contributed by atoms with Gasteiger partial charge >= 0.3 is 0 Å². The van der Waals surface area contributed by atoms with Crippen LogP contribution >= 0.6 is 0 Å². The van der Waals surface area contributed by atoms with E-state index in [1.807, 2.05) is 0 Å². The fourth-order valence-corrected chi connectivity index (χ4v) is 2.91. The van der Waals surface area contributed by atoms with Gasteiger partial charge in [-0.25, -0.2) is 0 Å². The highest BCUT2D eigenvalue weighted by Gasteiger charge is 2.26. The molecule has 112 valence electrons. The summed E-state index contributed by atoms with van der Waals surface area (Å²) in [5.41, 5.74) is 2.86. The number of rotatable bonds is 3. The van der Waals surface area contributed by atoms with E-state index in [9.17, 15) is 0 Å². The molecule has 0 aliphatic carbocycles. The average Bonchev–Trinajstić information content (AvgIpc) is 2.38. The molecule has 2 nitrogen and oxygen atoms in total. The van der Waals surface area contributed by atoms with Crippen molar-refractivity contribution in [3.8, 4) is 0 Å². The summed E-state index contributed by atoms with van der Waals surface area (Å²) in [5, 5.41) is 3.76. The third kappa shape index (κ3) is 3.76. The van der Waals surface area contributed by atoms with Crippen LogP contribution in [0.5, 0.6) is 0 Å². The van der Waals surface area contributed by atoms with Gasteiger partial charge in [-0.1, -0.05) is 52.8 Å². The van der Waals surface area contributed by atoms with Gasteiger partial charge in [0.1, 0.15) is 0 Å². The van der Waals surface area contributed by atoms with Crippen molar-refractivity contribution in [2.75, 3.05) is 11.9 Å². The Kier molecular flexibility index (Phi) is 4.74. The Bertz CT molecular complexity index is 433. The third-order valence-corrected chi connectivity index (χ3v) is 4.15. The highest BCUT2D eigenvalue weighted by atomic mass is 16.5. The number of nitrogens with one attached hydrogen (secondary N) is 1. The maximum atomic E-state index is 5.86. The molecule has 1 saturated heterocycles. The van der Waals surface area contributed by atoms with Crippen LogP contribution < -0.4 is 5.32 Å². The molecule has 2 atom stereocenters. The number of ether oxygens (including phenoxy) is 1. The van der Waals surface area contributed by atoms with E-state index in [1.54, 1.807) is 0 Å². The molecular formula is C18H29NO. The zero-order chi connectivity index (χ0) is 14.8. The van der Waals surface area contributed by atoms with Crippen molar-refractivity contribution < 1.29 is 4.74 Å². The fourth-order valence-electron chi connectivity index (χ4n) is 2.91. The molecule has 1 aliphatic rings. The van der Waals surface area contributed by atoms with Crippen molar-refractivity contribution in [1.29, 1.82) is 0 Å². The predicted molar refractivity (Wildman–Crippen MR) is 86.4 cm³/mol. The van der Waals surface area contributed by atoms with E-state index in [0.29, 0.717) is 18.1 Å². The SMILES string of the molecule is CC(C)C1CC(Nc2ccccc2C(C)(C)C)CCO1. The lowest BCUT2D eigenvalue weighted by Crippen LogP contribution is -2.37. The molecule has 1 aliphatic heterocycles. The van der Waals surface area contributed by atoms with Gasteiger partial charge in [0.25, 0.3) is 0 Å². The number of hydrogen-bond donors (Lipinski definition) is 1. The summed E-state index contributed by atoms with van der Waals surface area (Å²) < 4.78 is 5.86. The van der Waals surface area contributed by atoms with Gasteiger partial charge in [0, 0.05) is 18.3 Å². The van der Waals surface area contributed by atoms with Crippen molar-refractivity contribution in [3.05, 3.63) is 29.8 Å². The molecule has 1 fully saturated rings. The van der Waals surface area contributed by atoms with Crippen LogP contribution in [0.15, 0.2) is 24.3 Å². The highest BCUT2D eigenvalue weighted by Crippen LogP contribution is 2.31. The molecule has 1 aromatic rings. The van der Waals surface area contributed by atoms with E-state index in [0.717, 1.165) is 19.4 Å². The topological polar surface area (TPSA) is 21.3 Å². The molecule has 1 N–H and O–H groups in total. The Hall–Kier alpha value is -1.02. The quantitative estimate of drug-likeness (QED) is 0.870. The highest BCUT2D eigenvalue weighted by molar-refractivity contribution is 5.54. The second-order valence-corrected chi connectivity index (χ2v) is 7.31. The van der Waals surface area contributed by atoms with Gasteiger partial charge in [-0.2, -0.15) is 0 Å². The molecule has 0 bridgehead atoms. The van der Waals surface area contributed by atoms with Crippen molar-refractivity contribution in [3.63, 3.8) is 0 Å². The van der Waals surface area contributed by atoms with Crippen molar-refractivity contribution in [1.82, 2.24) is 0 Å². The van der Waals surface area contributed by atoms with Crippen LogP contribution in [0.4, 0.5) is 5.69 Å². The largest absolute Gasteiger partial charge is 0.382 e. The van der Waals surface area contributed by atoms with Crippen LogP contribution in [-0.4, -0.2) is 18.8 Å². The van der Waals surface area contributed by atoms with Gasteiger partial charge in [0.15, 0.2) is 0 Å². The molecule has 0 spiro atoms. The summed E-state index contributed by atoms with van der Waals surface area (Å²) in [6, 6.07) is 9.23. The first kappa shape index (κ1) is 15.4. The second kappa shape index (κ2) is 6.17. The van der Waals surface area contributed by atoms with E-state index < -0.39 is 0 Å². The molecule has 0 saturated carbocycles. The van der Waals surface area contributed by atoms with E-state index in [4.69, 9.17) is 4.74 Å². The van der Waals surface area contributed by atoms with Crippen LogP contribution in [-0.2, 0) is 10.2 Å². The predicted octanol–water partition coefficient (Wildman–Crippen LogP) is 4.60. The van der Waals surface area contributed by atoms with Crippen molar-refractivity contribution >= 4 is 5.69 Å². The fraction of sp³-hybridized carbons (Fsp3) is 0.667. The van der Waals surface area contributed by atoms with Gasteiger partial charge < -0.3 is 10.1 Å². The molecular weight excluding hydrogens is 246 g/mol. The van der Waals surface area contributed by atoms with E-state index >= 15 is 0 Å². The molecule has 2 heteroatoms. The first-order chi connectivity index (χ1) is 9.38. The van der Waals surface area contributed by atoms with Crippen LogP contribution in [0.3, 0.4) is 0 Å². The minimum atomic E-state index is 0.173. The monoisotopic (exact) mass is 275 g/mol.